The van der Waals surface area contributed by atoms with E-state index in [-0.39, 0.29) is 6.61 Å². The molecule has 1 atom stereocenters. The van der Waals surface area contributed by atoms with Crippen LogP contribution in [0.2, 0.25) is 0 Å². The minimum absolute atomic E-state index is 0.235. The second-order valence-corrected chi connectivity index (χ2v) is 3.84. The van der Waals surface area contributed by atoms with Crippen LogP contribution in [0.5, 0.6) is 0 Å². The number of aryl methyl sites for hydroxylation is 1. The van der Waals surface area contributed by atoms with Gasteiger partial charge in [-0.1, -0.05) is 0 Å². The van der Waals surface area contributed by atoms with Gasteiger partial charge in [0, 0.05) is 12.4 Å². The van der Waals surface area contributed by atoms with Crippen LogP contribution in [-0.4, -0.2) is 29.7 Å². The van der Waals surface area contributed by atoms with Gasteiger partial charge in [-0.25, -0.2) is 4.98 Å². The van der Waals surface area contributed by atoms with E-state index in [2.05, 4.69) is 10.1 Å². The second kappa shape index (κ2) is 4.95. The summed E-state index contributed by atoms with van der Waals surface area (Å²) in [6, 6.07) is 3.54. The molecule has 0 bridgehead atoms. The molecule has 1 amide bonds. The summed E-state index contributed by atoms with van der Waals surface area (Å²) < 4.78 is 4.81. The molecule has 0 aliphatic carbocycles. The number of carbonyl (C=O) groups excluding carboxylic acids is 2. The summed E-state index contributed by atoms with van der Waals surface area (Å²) in [5.74, 6) is -1.58. The first-order chi connectivity index (χ1) is 8.63. The Morgan fingerprint density at radius 1 is 1.56 bits per heavy atom. The Kier molecular flexibility index (Phi) is 3.36. The molecule has 0 radical (unpaired) electrons. The molecule has 2 rings (SSSR count). The quantitative estimate of drug-likeness (QED) is 0.587. The Labute approximate surface area is 104 Å². The van der Waals surface area contributed by atoms with Crippen molar-refractivity contribution in [3.05, 3.63) is 23.9 Å². The highest BCUT2D eigenvalue weighted by atomic mass is 16.5. The van der Waals surface area contributed by atoms with E-state index in [1.165, 1.54) is 6.21 Å². The number of pyridine rings is 1. The van der Waals surface area contributed by atoms with Crippen molar-refractivity contribution in [1.29, 1.82) is 0 Å². The van der Waals surface area contributed by atoms with Gasteiger partial charge in [-0.05, 0) is 31.5 Å². The van der Waals surface area contributed by atoms with Gasteiger partial charge < -0.3 is 4.74 Å². The lowest BCUT2D eigenvalue weighted by molar-refractivity contribution is -0.147. The lowest BCUT2D eigenvalue weighted by atomic mass is 10.1. The van der Waals surface area contributed by atoms with Crippen LogP contribution < -0.4 is 5.01 Å². The van der Waals surface area contributed by atoms with Crippen LogP contribution in [0.4, 0.5) is 5.82 Å². The van der Waals surface area contributed by atoms with Crippen molar-refractivity contribution < 1.29 is 14.3 Å². The molecule has 1 aromatic heterocycles. The van der Waals surface area contributed by atoms with Crippen LogP contribution in [0, 0.1) is 12.8 Å². The molecule has 1 aromatic rings. The smallest absolute Gasteiger partial charge is 0.324 e. The average Bonchev–Trinajstić information content (AvgIpc) is 2.71. The van der Waals surface area contributed by atoms with Crippen LogP contribution in [0.3, 0.4) is 0 Å². The molecule has 6 heteroatoms. The standard InChI is InChI=1S/C12H13N3O3/c1-3-18-12(17)9-7-14-15(11(9)16)10-6-8(2)4-5-13-10/h4-7,9H,3H2,1-2H3. The normalized spacial score (nSPS) is 18.2. The Hall–Kier alpha value is -2.24. The zero-order chi connectivity index (χ0) is 13.1. The maximum Gasteiger partial charge on any atom is 0.324 e. The van der Waals surface area contributed by atoms with Crippen LogP contribution >= 0.6 is 0 Å². The van der Waals surface area contributed by atoms with Gasteiger partial charge in [0.05, 0.1) is 6.61 Å². The van der Waals surface area contributed by atoms with E-state index in [0.717, 1.165) is 10.6 Å². The van der Waals surface area contributed by atoms with E-state index >= 15 is 0 Å². The minimum atomic E-state index is -0.965. The minimum Gasteiger partial charge on any atom is -0.465 e. The fourth-order valence-corrected chi connectivity index (χ4v) is 1.59. The SMILES string of the molecule is CCOC(=O)C1C=NN(c2cc(C)ccn2)C1=O. The Morgan fingerprint density at radius 2 is 2.33 bits per heavy atom. The number of hydrogen-bond acceptors (Lipinski definition) is 5. The van der Waals surface area contributed by atoms with E-state index in [0.29, 0.717) is 5.82 Å². The van der Waals surface area contributed by atoms with Crippen LogP contribution in [0.15, 0.2) is 23.4 Å². The largest absolute Gasteiger partial charge is 0.465 e. The zero-order valence-electron chi connectivity index (χ0n) is 10.2. The Bertz CT molecular complexity index is 513. The third-order valence-corrected chi connectivity index (χ3v) is 2.46. The molecular weight excluding hydrogens is 234 g/mol. The Morgan fingerprint density at radius 3 is 3.00 bits per heavy atom. The number of hydrogen-bond donors (Lipinski definition) is 0. The summed E-state index contributed by atoms with van der Waals surface area (Å²) in [5.41, 5.74) is 0.961. The highest BCUT2D eigenvalue weighted by molar-refractivity contribution is 6.19. The van der Waals surface area contributed by atoms with Crippen LogP contribution in [0.25, 0.3) is 0 Å². The van der Waals surface area contributed by atoms with Gasteiger partial charge in [-0.3, -0.25) is 9.59 Å². The van der Waals surface area contributed by atoms with E-state index in [4.69, 9.17) is 4.74 Å². The zero-order valence-corrected chi connectivity index (χ0v) is 10.2. The van der Waals surface area contributed by atoms with Gasteiger partial charge in [-0.2, -0.15) is 10.1 Å². The van der Waals surface area contributed by atoms with Gasteiger partial charge in [-0.15, -0.1) is 0 Å². The van der Waals surface area contributed by atoms with Crippen LogP contribution in [0.1, 0.15) is 12.5 Å². The summed E-state index contributed by atoms with van der Waals surface area (Å²) in [4.78, 5) is 27.6. The fourth-order valence-electron chi connectivity index (χ4n) is 1.59. The van der Waals surface area contributed by atoms with Crippen LogP contribution in [-0.2, 0) is 14.3 Å². The third-order valence-electron chi connectivity index (χ3n) is 2.46. The topological polar surface area (TPSA) is 71.9 Å². The van der Waals surface area contributed by atoms with Crippen molar-refractivity contribution in [2.75, 3.05) is 11.6 Å². The van der Waals surface area contributed by atoms with Crippen molar-refractivity contribution in [2.24, 2.45) is 11.0 Å². The van der Waals surface area contributed by atoms with Gasteiger partial charge in [0.2, 0.25) is 0 Å². The first-order valence-corrected chi connectivity index (χ1v) is 5.61. The maximum absolute atomic E-state index is 12.0. The van der Waals surface area contributed by atoms with E-state index < -0.39 is 17.8 Å². The highest BCUT2D eigenvalue weighted by Crippen LogP contribution is 2.20. The monoisotopic (exact) mass is 247 g/mol. The molecule has 1 unspecified atom stereocenters. The average molecular weight is 247 g/mol. The number of esters is 1. The summed E-state index contributed by atoms with van der Waals surface area (Å²) in [6.45, 7) is 3.81. The fraction of sp³-hybridized carbons (Fsp3) is 0.333. The van der Waals surface area contributed by atoms with Gasteiger partial charge in [0.1, 0.15) is 0 Å². The number of carbonyl (C=O) groups is 2. The highest BCUT2D eigenvalue weighted by Gasteiger charge is 2.36. The van der Waals surface area contributed by atoms with E-state index in [9.17, 15) is 9.59 Å². The third kappa shape index (κ3) is 2.22. The lowest BCUT2D eigenvalue weighted by Crippen LogP contribution is -2.32. The number of amides is 1. The van der Waals surface area contributed by atoms with Crippen molar-refractivity contribution >= 4 is 23.9 Å². The number of ether oxygens (including phenoxy) is 1. The summed E-state index contributed by atoms with van der Waals surface area (Å²) in [5, 5.41) is 5.03. The van der Waals surface area contributed by atoms with Gasteiger partial charge >= 0.3 is 5.97 Å². The first kappa shape index (κ1) is 12.2. The predicted molar refractivity (Wildman–Crippen MR) is 65.1 cm³/mol. The first-order valence-electron chi connectivity index (χ1n) is 5.61. The second-order valence-electron chi connectivity index (χ2n) is 3.84. The maximum atomic E-state index is 12.0. The number of hydrazone groups is 1. The molecule has 2 heterocycles. The number of aromatic nitrogens is 1. The summed E-state index contributed by atoms with van der Waals surface area (Å²) >= 11 is 0. The number of anilines is 1. The van der Waals surface area contributed by atoms with Crippen molar-refractivity contribution in [2.45, 2.75) is 13.8 Å². The predicted octanol–water partition coefficient (Wildman–Crippen LogP) is 0.902. The van der Waals surface area contributed by atoms with E-state index in [1.807, 2.05) is 13.0 Å². The number of nitrogens with zero attached hydrogens (tertiary/aromatic N) is 3. The molecule has 6 nitrogen and oxygen atoms in total. The number of rotatable bonds is 3. The molecule has 0 aromatic carbocycles. The van der Waals surface area contributed by atoms with Crippen molar-refractivity contribution in [3.8, 4) is 0 Å². The molecule has 1 aliphatic heterocycles. The molecule has 0 saturated heterocycles. The molecule has 0 fully saturated rings. The van der Waals surface area contributed by atoms with Crippen molar-refractivity contribution in [3.63, 3.8) is 0 Å². The molecule has 0 spiro atoms. The van der Waals surface area contributed by atoms with E-state index in [1.54, 1.807) is 19.2 Å². The summed E-state index contributed by atoms with van der Waals surface area (Å²) in [6.07, 6.45) is 2.87. The van der Waals surface area contributed by atoms with Gasteiger partial charge in [0.15, 0.2) is 11.7 Å². The molecule has 0 N–H and O–H groups in total. The molecule has 0 saturated carbocycles. The molecular formula is C12H13N3O3. The molecule has 94 valence electrons. The Balaban J connectivity index is 2.18. The van der Waals surface area contributed by atoms with Crippen molar-refractivity contribution in [1.82, 2.24) is 4.98 Å². The molecule has 1 aliphatic rings. The summed E-state index contributed by atoms with van der Waals surface area (Å²) in [7, 11) is 0. The van der Waals surface area contributed by atoms with Gasteiger partial charge in [0.25, 0.3) is 5.91 Å². The molecule has 18 heavy (non-hydrogen) atoms. The lowest BCUT2D eigenvalue weighted by Gasteiger charge is -2.12.